The zero-order chi connectivity index (χ0) is 19.0. The number of aromatic nitrogens is 2. The van der Waals surface area contributed by atoms with Gasteiger partial charge < -0.3 is 14.0 Å². The molecule has 0 saturated carbocycles. The molecule has 2 aliphatic rings. The predicted octanol–water partition coefficient (Wildman–Crippen LogP) is -0.167. The van der Waals surface area contributed by atoms with Crippen molar-refractivity contribution < 1.29 is 17.9 Å². The summed E-state index contributed by atoms with van der Waals surface area (Å²) in [4.78, 5) is 21.3. The first-order valence-corrected chi connectivity index (χ1v) is 10.9. The van der Waals surface area contributed by atoms with Crippen LogP contribution < -0.4 is 0 Å². The van der Waals surface area contributed by atoms with Gasteiger partial charge in [-0.05, 0) is 12.1 Å². The number of fused-ring (bicyclic) bond motifs is 2. The SMILES string of the molecule is COCCN1CCN(C(=O)Cc2cnc3ccccn23)[C@H]2CS(=O)(=O)C[C@H]21. The smallest absolute Gasteiger partial charge is 0.228 e. The van der Waals surface area contributed by atoms with Gasteiger partial charge in [0.05, 0.1) is 36.3 Å². The Morgan fingerprint density at radius 3 is 2.89 bits per heavy atom. The molecule has 27 heavy (non-hydrogen) atoms. The first-order chi connectivity index (χ1) is 13.0. The van der Waals surface area contributed by atoms with Crippen LogP contribution in [0.2, 0.25) is 0 Å². The average Bonchev–Trinajstić information content (AvgIpc) is 3.19. The number of sulfone groups is 1. The van der Waals surface area contributed by atoms with Crippen LogP contribution in [0, 0.1) is 0 Å². The zero-order valence-corrected chi connectivity index (χ0v) is 16.1. The van der Waals surface area contributed by atoms with Gasteiger partial charge in [0, 0.05) is 45.2 Å². The summed E-state index contributed by atoms with van der Waals surface area (Å²) in [5.41, 5.74) is 1.61. The predicted molar refractivity (Wildman–Crippen MR) is 100 cm³/mol. The number of amides is 1. The quantitative estimate of drug-likeness (QED) is 0.703. The third-order valence-electron chi connectivity index (χ3n) is 5.52. The number of ether oxygens (including phenoxy) is 1. The monoisotopic (exact) mass is 392 g/mol. The van der Waals surface area contributed by atoms with E-state index in [0.29, 0.717) is 26.2 Å². The largest absolute Gasteiger partial charge is 0.383 e. The number of rotatable bonds is 5. The molecule has 8 nitrogen and oxygen atoms in total. The van der Waals surface area contributed by atoms with E-state index in [4.69, 9.17) is 4.74 Å². The third-order valence-corrected chi connectivity index (χ3v) is 7.22. The van der Waals surface area contributed by atoms with Crippen molar-refractivity contribution in [1.82, 2.24) is 19.2 Å². The summed E-state index contributed by atoms with van der Waals surface area (Å²) in [6.07, 6.45) is 3.81. The van der Waals surface area contributed by atoms with Crippen molar-refractivity contribution in [2.45, 2.75) is 18.5 Å². The van der Waals surface area contributed by atoms with E-state index in [1.54, 1.807) is 18.2 Å². The Bertz CT molecular complexity index is 942. The van der Waals surface area contributed by atoms with Crippen LogP contribution in [-0.2, 0) is 25.8 Å². The van der Waals surface area contributed by atoms with Gasteiger partial charge >= 0.3 is 0 Å². The second kappa shape index (κ2) is 7.21. The lowest BCUT2D eigenvalue weighted by molar-refractivity contribution is -0.136. The van der Waals surface area contributed by atoms with E-state index in [9.17, 15) is 13.2 Å². The standard InChI is InChI=1S/C18H24N4O4S/c1-26-9-8-20-6-7-22(16-13-27(24,25)12-15(16)20)18(23)10-14-11-19-17-4-2-3-5-21(14)17/h2-5,11,15-16H,6-10,12-13H2,1H3/t15-,16+/m1/s1. The maximum Gasteiger partial charge on any atom is 0.228 e. The zero-order valence-electron chi connectivity index (χ0n) is 15.3. The molecule has 0 aliphatic carbocycles. The maximum atomic E-state index is 13.0. The fraction of sp³-hybridized carbons (Fsp3) is 0.556. The fourth-order valence-corrected chi connectivity index (χ4v) is 6.20. The molecule has 4 rings (SSSR count). The van der Waals surface area contributed by atoms with E-state index in [0.717, 1.165) is 11.3 Å². The van der Waals surface area contributed by atoms with E-state index in [1.165, 1.54) is 0 Å². The number of nitrogens with zero attached hydrogens (tertiary/aromatic N) is 4. The number of carbonyl (C=O) groups excluding carboxylic acids is 1. The summed E-state index contributed by atoms with van der Waals surface area (Å²) in [6.45, 7) is 2.44. The minimum Gasteiger partial charge on any atom is -0.383 e. The molecule has 9 heteroatoms. The highest BCUT2D eigenvalue weighted by Gasteiger charge is 2.47. The van der Waals surface area contributed by atoms with Gasteiger partial charge in [-0.1, -0.05) is 6.07 Å². The lowest BCUT2D eigenvalue weighted by Gasteiger charge is -2.43. The van der Waals surface area contributed by atoms with Crippen molar-refractivity contribution in [1.29, 1.82) is 0 Å². The van der Waals surface area contributed by atoms with Gasteiger partial charge in [-0.2, -0.15) is 0 Å². The van der Waals surface area contributed by atoms with E-state index >= 15 is 0 Å². The highest BCUT2D eigenvalue weighted by atomic mass is 32.2. The second-order valence-electron chi connectivity index (χ2n) is 7.18. The number of hydrogen-bond donors (Lipinski definition) is 0. The van der Waals surface area contributed by atoms with Gasteiger partial charge in [0.15, 0.2) is 9.84 Å². The highest BCUT2D eigenvalue weighted by molar-refractivity contribution is 7.91. The number of hydrogen-bond acceptors (Lipinski definition) is 6. The minimum atomic E-state index is -3.14. The van der Waals surface area contributed by atoms with Crippen molar-refractivity contribution in [2.75, 3.05) is 44.9 Å². The normalized spacial score (nSPS) is 25.0. The van der Waals surface area contributed by atoms with Crippen LogP contribution >= 0.6 is 0 Å². The second-order valence-corrected chi connectivity index (χ2v) is 9.34. The van der Waals surface area contributed by atoms with Crippen LogP contribution in [-0.4, -0.2) is 90.4 Å². The fourth-order valence-electron chi connectivity index (χ4n) is 4.19. The first kappa shape index (κ1) is 18.4. The highest BCUT2D eigenvalue weighted by Crippen LogP contribution is 2.27. The summed E-state index contributed by atoms with van der Waals surface area (Å²) in [6, 6.07) is 5.26. The third kappa shape index (κ3) is 3.59. The average molecular weight is 392 g/mol. The van der Waals surface area contributed by atoms with Gasteiger partial charge in [-0.15, -0.1) is 0 Å². The van der Waals surface area contributed by atoms with Crippen molar-refractivity contribution in [3.8, 4) is 0 Å². The van der Waals surface area contributed by atoms with E-state index in [-0.39, 0.29) is 35.9 Å². The van der Waals surface area contributed by atoms with Crippen LogP contribution in [0.15, 0.2) is 30.6 Å². The molecule has 0 unspecified atom stereocenters. The van der Waals surface area contributed by atoms with Crippen LogP contribution in [0.3, 0.4) is 0 Å². The molecule has 1 amide bonds. The first-order valence-electron chi connectivity index (χ1n) is 9.12. The van der Waals surface area contributed by atoms with Gasteiger partial charge in [-0.3, -0.25) is 9.69 Å². The van der Waals surface area contributed by atoms with Gasteiger partial charge in [0.25, 0.3) is 0 Å². The molecule has 2 aromatic heterocycles. The van der Waals surface area contributed by atoms with Gasteiger partial charge in [0.1, 0.15) is 5.65 Å². The Hall–Kier alpha value is -1.97. The lowest BCUT2D eigenvalue weighted by Crippen LogP contribution is -2.61. The molecule has 4 heterocycles. The molecular formula is C18H24N4O4S. The molecule has 0 aromatic carbocycles. The molecule has 0 bridgehead atoms. The summed E-state index contributed by atoms with van der Waals surface area (Å²) in [5.74, 6) is 0.111. The minimum absolute atomic E-state index is 0.0417. The van der Waals surface area contributed by atoms with Crippen LogP contribution in [0.1, 0.15) is 5.69 Å². The number of imidazole rings is 1. The lowest BCUT2D eigenvalue weighted by atomic mass is 10.0. The summed E-state index contributed by atoms with van der Waals surface area (Å²) < 4.78 is 31.6. The maximum absolute atomic E-state index is 13.0. The molecule has 2 fully saturated rings. The van der Waals surface area contributed by atoms with Crippen molar-refractivity contribution in [3.05, 3.63) is 36.3 Å². The van der Waals surface area contributed by atoms with Gasteiger partial charge in [-0.25, -0.2) is 13.4 Å². The van der Waals surface area contributed by atoms with Gasteiger partial charge in [0.2, 0.25) is 5.91 Å². The summed E-state index contributed by atoms with van der Waals surface area (Å²) >= 11 is 0. The van der Waals surface area contributed by atoms with E-state index < -0.39 is 9.84 Å². The van der Waals surface area contributed by atoms with Crippen LogP contribution in [0.4, 0.5) is 0 Å². The van der Waals surface area contributed by atoms with Crippen molar-refractivity contribution >= 4 is 21.4 Å². The Morgan fingerprint density at radius 1 is 1.26 bits per heavy atom. The molecule has 0 N–H and O–H groups in total. The molecular weight excluding hydrogens is 368 g/mol. The topological polar surface area (TPSA) is 84.2 Å². The Kier molecular flexibility index (Phi) is 4.92. The van der Waals surface area contributed by atoms with E-state index in [1.807, 2.05) is 28.8 Å². The Morgan fingerprint density at radius 2 is 2.07 bits per heavy atom. The summed E-state index contributed by atoms with van der Waals surface area (Å²) in [7, 11) is -1.51. The van der Waals surface area contributed by atoms with Crippen LogP contribution in [0.5, 0.6) is 0 Å². The molecule has 2 saturated heterocycles. The Labute approximate surface area is 158 Å². The molecule has 0 spiro atoms. The molecule has 2 atom stereocenters. The van der Waals surface area contributed by atoms with Crippen LogP contribution in [0.25, 0.3) is 5.65 Å². The van der Waals surface area contributed by atoms with E-state index in [2.05, 4.69) is 9.88 Å². The summed E-state index contributed by atoms with van der Waals surface area (Å²) in [5, 5.41) is 0. The van der Waals surface area contributed by atoms with Crippen molar-refractivity contribution in [2.24, 2.45) is 0 Å². The number of carbonyl (C=O) groups is 1. The number of piperazine rings is 1. The molecule has 2 aliphatic heterocycles. The molecule has 0 radical (unpaired) electrons. The van der Waals surface area contributed by atoms with Crippen molar-refractivity contribution in [3.63, 3.8) is 0 Å². The molecule has 2 aromatic rings. The number of methoxy groups -OCH3 is 1. The molecule has 146 valence electrons. The number of pyridine rings is 1. The Balaban J connectivity index is 1.53.